The third-order valence-electron chi connectivity index (χ3n) is 1.09. The molecule has 0 radical (unpaired) electrons. The number of rotatable bonds is 3. The summed E-state index contributed by atoms with van der Waals surface area (Å²) in [6, 6.07) is 0. The van der Waals surface area contributed by atoms with E-state index in [4.69, 9.17) is 9.47 Å². The fourth-order valence-electron chi connectivity index (χ4n) is 0.552. The van der Waals surface area contributed by atoms with Crippen LogP contribution in [-0.4, -0.2) is 20.1 Å². The molecule has 0 rings (SSSR count). The molecule has 0 bridgehead atoms. The molecule has 0 aliphatic heterocycles. The van der Waals surface area contributed by atoms with Crippen LogP contribution in [0.3, 0.4) is 0 Å². The van der Waals surface area contributed by atoms with Crippen molar-refractivity contribution < 1.29 is 9.47 Å². The summed E-state index contributed by atoms with van der Waals surface area (Å²) in [7, 11) is 3.07. The summed E-state index contributed by atoms with van der Waals surface area (Å²) in [5.41, 5.74) is 1.11. The van der Waals surface area contributed by atoms with Gasteiger partial charge in [0, 0.05) is 0 Å². The number of allylic oxidation sites excluding steroid dienone is 1. The molecule has 3 nitrogen and oxygen atoms in total. The first kappa shape index (κ1) is 10.8. The molecule has 0 fully saturated rings. The van der Waals surface area contributed by atoms with Crippen LogP contribution >= 0.6 is 0 Å². The molecule has 3 heteroatoms. The van der Waals surface area contributed by atoms with Gasteiger partial charge in [0.2, 0.25) is 11.8 Å². The van der Waals surface area contributed by atoms with Gasteiger partial charge in [0.05, 0.1) is 14.2 Å². The Balaban J connectivity index is 4.44. The minimum atomic E-state index is 0.337. The van der Waals surface area contributed by atoms with Crippen LogP contribution in [0.25, 0.3) is 0 Å². The third-order valence-corrected chi connectivity index (χ3v) is 1.09. The fourth-order valence-corrected chi connectivity index (χ4v) is 0.552. The Labute approximate surface area is 73.4 Å². The van der Waals surface area contributed by atoms with Crippen molar-refractivity contribution in [3.05, 3.63) is 24.1 Å². The molecule has 0 aliphatic rings. The Kier molecular flexibility index (Phi) is 4.84. The fraction of sp³-hybridized carbons (Fsp3) is 0.444. The van der Waals surface area contributed by atoms with E-state index in [9.17, 15) is 0 Å². The van der Waals surface area contributed by atoms with Gasteiger partial charge in [-0.25, -0.2) is 0 Å². The lowest BCUT2D eigenvalue weighted by Crippen LogP contribution is -1.98. The minimum absolute atomic E-state index is 0.337. The third kappa shape index (κ3) is 4.55. The van der Waals surface area contributed by atoms with Crippen molar-refractivity contribution in [1.82, 2.24) is 0 Å². The summed E-state index contributed by atoms with van der Waals surface area (Å²) in [5.74, 6) is 0.839. The van der Waals surface area contributed by atoms with E-state index >= 15 is 0 Å². The number of aliphatic imine (C=N–C) groups is 1. The van der Waals surface area contributed by atoms with Crippen LogP contribution in [-0.2, 0) is 9.47 Å². The highest BCUT2D eigenvalue weighted by molar-refractivity contribution is 5.88. The minimum Gasteiger partial charge on any atom is -0.481 e. The lowest BCUT2D eigenvalue weighted by atomic mass is 10.3. The standard InChI is InChI=1S/C9H15NO2/c1-7(2)6-9(12-5)10-8(3)11-4/h6H,3H2,1-2,4-5H3/b10-9+. The largest absolute Gasteiger partial charge is 0.481 e. The first-order valence-electron chi connectivity index (χ1n) is 3.60. The molecule has 12 heavy (non-hydrogen) atoms. The van der Waals surface area contributed by atoms with Crippen LogP contribution in [0.15, 0.2) is 29.1 Å². The van der Waals surface area contributed by atoms with Gasteiger partial charge in [0.1, 0.15) is 0 Å². The highest BCUT2D eigenvalue weighted by Crippen LogP contribution is 1.98. The maximum Gasteiger partial charge on any atom is 0.216 e. The van der Waals surface area contributed by atoms with Crippen LogP contribution < -0.4 is 0 Å². The molecule has 0 aromatic rings. The zero-order valence-corrected chi connectivity index (χ0v) is 8.05. The predicted molar refractivity (Wildman–Crippen MR) is 50.0 cm³/mol. The quantitative estimate of drug-likeness (QED) is 0.368. The molecule has 0 aromatic heterocycles. The average molecular weight is 169 g/mol. The van der Waals surface area contributed by atoms with Gasteiger partial charge in [0.15, 0.2) is 0 Å². The van der Waals surface area contributed by atoms with Gasteiger partial charge in [-0.1, -0.05) is 5.57 Å². The highest BCUT2D eigenvalue weighted by atomic mass is 16.5. The second kappa shape index (κ2) is 5.41. The number of ether oxygens (including phenoxy) is 2. The predicted octanol–water partition coefficient (Wildman–Crippen LogP) is 2.12. The van der Waals surface area contributed by atoms with Gasteiger partial charge < -0.3 is 9.47 Å². The topological polar surface area (TPSA) is 30.8 Å². The first-order chi connectivity index (χ1) is 5.60. The summed E-state index contributed by atoms with van der Waals surface area (Å²) in [5, 5.41) is 0. The summed E-state index contributed by atoms with van der Waals surface area (Å²) in [6.07, 6.45) is 1.81. The smallest absolute Gasteiger partial charge is 0.216 e. The van der Waals surface area contributed by atoms with E-state index in [0.717, 1.165) is 5.57 Å². The van der Waals surface area contributed by atoms with Crippen molar-refractivity contribution in [2.75, 3.05) is 14.2 Å². The summed E-state index contributed by atoms with van der Waals surface area (Å²) in [4.78, 5) is 3.96. The Morgan fingerprint density at radius 1 is 1.25 bits per heavy atom. The molecule has 0 saturated carbocycles. The van der Waals surface area contributed by atoms with Crippen LogP contribution in [0.1, 0.15) is 13.8 Å². The van der Waals surface area contributed by atoms with Crippen molar-refractivity contribution in [1.29, 1.82) is 0 Å². The lowest BCUT2D eigenvalue weighted by Gasteiger charge is -2.01. The molecular formula is C9H15NO2. The van der Waals surface area contributed by atoms with E-state index in [0.29, 0.717) is 11.8 Å². The van der Waals surface area contributed by atoms with E-state index in [1.807, 2.05) is 19.9 Å². The van der Waals surface area contributed by atoms with Crippen LogP contribution in [0.2, 0.25) is 0 Å². The number of methoxy groups -OCH3 is 2. The molecule has 0 unspecified atom stereocenters. The lowest BCUT2D eigenvalue weighted by molar-refractivity contribution is 0.286. The first-order valence-corrected chi connectivity index (χ1v) is 3.60. The van der Waals surface area contributed by atoms with Gasteiger partial charge >= 0.3 is 0 Å². The summed E-state index contributed by atoms with van der Waals surface area (Å²) in [6.45, 7) is 7.47. The molecule has 0 spiro atoms. The number of hydrogen-bond donors (Lipinski definition) is 0. The zero-order chi connectivity index (χ0) is 9.56. The second-order valence-electron chi connectivity index (χ2n) is 2.47. The van der Waals surface area contributed by atoms with Crippen molar-refractivity contribution in [2.24, 2.45) is 4.99 Å². The van der Waals surface area contributed by atoms with Gasteiger partial charge in [0.25, 0.3) is 0 Å². The average Bonchev–Trinajstić information content (AvgIpc) is 2.02. The Morgan fingerprint density at radius 3 is 2.17 bits per heavy atom. The van der Waals surface area contributed by atoms with E-state index < -0.39 is 0 Å². The molecular weight excluding hydrogens is 154 g/mol. The normalized spacial score (nSPS) is 10.5. The van der Waals surface area contributed by atoms with Crippen molar-refractivity contribution in [2.45, 2.75) is 13.8 Å². The van der Waals surface area contributed by atoms with Crippen LogP contribution in [0.5, 0.6) is 0 Å². The highest BCUT2D eigenvalue weighted by Gasteiger charge is 1.94. The van der Waals surface area contributed by atoms with Gasteiger partial charge in [-0.05, 0) is 26.5 Å². The Morgan fingerprint density at radius 2 is 1.83 bits per heavy atom. The van der Waals surface area contributed by atoms with Crippen molar-refractivity contribution in [3.8, 4) is 0 Å². The van der Waals surface area contributed by atoms with E-state index in [1.165, 1.54) is 7.11 Å². The monoisotopic (exact) mass is 169 g/mol. The molecule has 0 heterocycles. The summed E-state index contributed by atoms with van der Waals surface area (Å²) >= 11 is 0. The molecule has 0 saturated heterocycles. The number of nitrogens with zero attached hydrogens (tertiary/aromatic N) is 1. The Hall–Kier alpha value is -1.25. The number of hydrogen-bond acceptors (Lipinski definition) is 3. The molecule has 0 N–H and O–H groups in total. The van der Waals surface area contributed by atoms with Crippen LogP contribution in [0.4, 0.5) is 0 Å². The summed E-state index contributed by atoms with van der Waals surface area (Å²) < 4.78 is 9.74. The van der Waals surface area contributed by atoms with Crippen molar-refractivity contribution in [3.63, 3.8) is 0 Å². The van der Waals surface area contributed by atoms with Gasteiger partial charge in [-0.15, -0.1) is 0 Å². The van der Waals surface area contributed by atoms with Crippen LogP contribution in [0, 0.1) is 0 Å². The van der Waals surface area contributed by atoms with E-state index in [2.05, 4.69) is 11.6 Å². The van der Waals surface area contributed by atoms with Gasteiger partial charge in [-0.3, -0.25) is 0 Å². The molecule has 0 aromatic carbocycles. The SMILES string of the molecule is C=C(/N=C(\C=C(C)C)OC)OC. The van der Waals surface area contributed by atoms with E-state index in [1.54, 1.807) is 7.11 Å². The zero-order valence-electron chi connectivity index (χ0n) is 8.05. The maximum absolute atomic E-state index is 4.97. The molecule has 0 amide bonds. The van der Waals surface area contributed by atoms with E-state index in [-0.39, 0.29) is 0 Å². The molecule has 0 aliphatic carbocycles. The molecule has 0 atom stereocenters. The maximum atomic E-state index is 4.97. The van der Waals surface area contributed by atoms with Gasteiger partial charge in [-0.2, -0.15) is 4.99 Å². The van der Waals surface area contributed by atoms with Crippen molar-refractivity contribution >= 4 is 5.90 Å². The second-order valence-corrected chi connectivity index (χ2v) is 2.47. The molecule has 68 valence electrons. The Bertz CT molecular complexity index is 213.